The third-order valence-corrected chi connectivity index (χ3v) is 3.56. The molecule has 0 atom stereocenters. The molecular weight excluding hydrogens is 276 g/mol. The summed E-state index contributed by atoms with van der Waals surface area (Å²) in [5.74, 6) is -0.0123. The highest BCUT2D eigenvalue weighted by Gasteiger charge is 2.11. The summed E-state index contributed by atoms with van der Waals surface area (Å²) in [6.07, 6.45) is 10.3. The molecule has 0 aromatic rings. The van der Waals surface area contributed by atoms with E-state index in [4.69, 9.17) is 11.5 Å². The zero-order valence-electron chi connectivity index (χ0n) is 14.7. The fraction of sp³-hybridized carbons (Fsp3) is 0.667. The molecule has 2 amide bonds. The third-order valence-electron chi connectivity index (χ3n) is 3.56. The molecule has 0 aromatic heterocycles. The van der Waals surface area contributed by atoms with Crippen LogP contribution in [0.1, 0.15) is 66.7 Å². The van der Waals surface area contributed by atoms with Gasteiger partial charge < -0.3 is 11.5 Å². The lowest BCUT2D eigenvalue weighted by Gasteiger charge is -2.18. The van der Waals surface area contributed by atoms with E-state index in [-0.39, 0.29) is 17.2 Å². The summed E-state index contributed by atoms with van der Waals surface area (Å²) in [4.78, 5) is 21.3. The van der Waals surface area contributed by atoms with Gasteiger partial charge >= 0.3 is 0 Å². The van der Waals surface area contributed by atoms with Crippen LogP contribution in [0.2, 0.25) is 0 Å². The van der Waals surface area contributed by atoms with Crippen LogP contribution in [-0.2, 0) is 9.59 Å². The van der Waals surface area contributed by atoms with Gasteiger partial charge in [0.05, 0.1) is 0 Å². The van der Waals surface area contributed by atoms with Crippen molar-refractivity contribution >= 4 is 11.8 Å². The molecular formula is C18H32N2O2. The van der Waals surface area contributed by atoms with E-state index in [9.17, 15) is 9.59 Å². The monoisotopic (exact) mass is 308 g/mol. The highest BCUT2D eigenvalue weighted by atomic mass is 16.1. The molecule has 0 spiro atoms. The lowest BCUT2D eigenvalue weighted by atomic mass is 9.88. The van der Waals surface area contributed by atoms with Gasteiger partial charge in [-0.15, -0.1) is 0 Å². The average Bonchev–Trinajstić information content (AvgIpc) is 2.38. The number of carbonyl (C=O) groups excluding carboxylic acids is 2. The first-order valence-electron chi connectivity index (χ1n) is 8.00. The van der Waals surface area contributed by atoms with Crippen LogP contribution in [0.4, 0.5) is 0 Å². The molecule has 0 heterocycles. The van der Waals surface area contributed by atoms with Crippen molar-refractivity contribution in [1.82, 2.24) is 0 Å². The smallest absolute Gasteiger partial charge is 0.244 e. The number of hydrogen-bond donors (Lipinski definition) is 2. The van der Waals surface area contributed by atoms with Gasteiger partial charge in [-0.3, -0.25) is 9.59 Å². The Kier molecular flexibility index (Phi) is 8.76. The van der Waals surface area contributed by atoms with Crippen LogP contribution < -0.4 is 11.5 Å². The van der Waals surface area contributed by atoms with E-state index in [0.717, 1.165) is 5.57 Å². The Morgan fingerprint density at radius 1 is 0.909 bits per heavy atom. The van der Waals surface area contributed by atoms with Crippen LogP contribution in [-0.4, -0.2) is 11.8 Å². The van der Waals surface area contributed by atoms with Gasteiger partial charge in [-0.1, -0.05) is 52.2 Å². The van der Waals surface area contributed by atoms with Crippen molar-refractivity contribution in [2.45, 2.75) is 66.7 Å². The van der Waals surface area contributed by atoms with Crippen LogP contribution in [0, 0.1) is 11.3 Å². The first kappa shape index (κ1) is 20.4. The molecule has 1 saturated carbocycles. The minimum absolute atomic E-state index is 0.0408. The molecule has 0 aliphatic heterocycles. The van der Waals surface area contributed by atoms with Gasteiger partial charge in [-0.25, -0.2) is 0 Å². The quantitative estimate of drug-likeness (QED) is 0.782. The van der Waals surface area contributed by atoms with E-state index in [1.807, 2.05) is 32.9 Å². The van der Waals surface area contributed by atoms with Crippen molar-refractivity contribution in [2.75, 3.05) is 0 Å². The van der Waals surface area contributed by atoms with E-state index >= 15 is 0 Å². The number of carbonyl (C=O) groups is 2. The fourth-order valence-corrected chi connectivity index (χ4v) is 2.46. The van der Waals surface area contributed by atoms with E-state index in [1.165, 1.54) is 32.1 Å². The van der Waals surface area contributed by atoms with Gasteiger partial charge in [0.15, 0.2) is 0 Å². The predicted molar refractivity (Wildman–Crippen MR) is 91.9 cm³/mol. The predicted octanol–water partition coefficient (Wildman–Crippen LogP) is 3.46. The first-order chi connectivity index (χ1) is 10.0. The average molecular weight is 308 g/mol. The lowest BCUT2D eigenvalue weighted by Crippen LogP contribution is -2.14. The normalized spacial score (nSPS) is 17.5. The van der Waals surface area contributed by atoms with Crippen molar-refractivity contribution in [3.63, 3.8) is 0 Å². The van der Waals surface area contributed by atoms with E-state index in [2.05, 4.69) is 0 Å². The fourth-order valence-electron chi connectivity index (χ4n) is 2.46. The summed E-state index contributed by atoms with van der Waals surface area (Å²) >= 11 is 0. The molecule has 1 aliphatic carbocycles. The Morgan fingerprint density at radius 3 is 1.68 bits per heavy atom. The maximum Gasteiger partial charge on any atom is 0.244 e. The Balaban J connectivity index is 0.000000409. The van der Waals surface area contributed by atoms with Crippen LogP contribution in [0.5, 0.6) is 0 Å². The van der Waals surface area contributed by atoms with Crippen LogP contribution in [0.3, 0.4) is 0 Å². The Hall–Kier alpha value is -1.58. The Morgan fingerprint density at radius 2 is 1.36 bits per heavy atom. The SMILES string of the molecule is CC(=CC(C)(C)C)C(N)=O.CC(=CC1CCCCC1)C(N)=O. The van der Waals surface area contributed by atoms with Crippen molar-refractivity contribution in [2.24, 2.45) is 22.8 Å². The van der Waals surface area contributed by atoms with Crippen molar-refractivity contribution in [3.05, 3.63) is 23.3 Å². The maximum absolute atomic E-state index is 10.7. The number of primary amides is 2. The van der Waals surface area contributed by atoms with Gasteiger partial charge in [0.2, 0.25) is 11.8 Å². The second-order valence-electron chi connectivity index (χ2n) is 7.17. The summed E-state index contributed by atoms with van der Waals surface area (Å²) < 4.78 is 0. The molecule has 4 N–H and O–H groups in total. The molecule has 0 unspecified atom stereocenters. The number of amides is 2. The van der Waals surface area contributed by atoms with Gasteiger partial charge in [-0.05, 0) is 38.0 Å². The second-order valence-corrected chi connectivity index (χ2v) is 7.17. The Labute approximate surface area is 135 Å². The number of hydrogen-bond acceptors (Lipinski definition) is 2. The molecule has 4 nitrogen and oxygen atoms in total. The lowest BCUT2D eigenvalue weighted by molar-refractivity contribution is -0.115. The standard InChI is InChI=1S/C10H17NO.C8H15NO/c1-8(10(11)12)7-9-5-3-2-4-6-9;1-6(7(9)10)5-8(2,3)4/h7,9H,2-6H2,1H3,(H2,11,12);5H,1-4H3,(H2,9,10). The van der Waals surface area contributed by atoms with Crippen molar-refractivity contribution in [3.8, 4) is 0 Å². The maximum atomic E-state index is 10.7. The molecule has 0 aromatic carbocycles. The van der Waals surface area contributed by atoms with E-state index in [0.29, 0.717) is 11.5 Å². The van der Waals surface area contributed by atoms with Gasteiger partial charge in [-0.2, -0.15) is 0 Å². The van der Waals surface area contributed by atoms with Gasteiger partial charge in [0.1, 0.15) is 0 Å². The highest BCUT2D eigenvalue weighted by molar-refractivity contribution is 5.91. The largest absolute Gasteiger partial charge is 0.366 e. The minimum Gasteiger partial charge on any atom is -0.366 e. The van der Waals surface area contributed by atoms with E-state index < -0.39 is 0 Å². The topological polar surface area (TPSA) is 86.2 Å². The summed E-state index contributed by atoms with van der Waals surface area (Å²) in [6, 6.07) is 0. The van der Waals surface area contributed by atoms with Crippen LogP contribution >= 0.6 is 0 Å². The highest BCUT2D eigenvalue weighted by Crippen LogP contribution is 2.25. The first-order valence-corrected chi connectivity index (χ1v) is 8.00. The summed E-state index contributed by atoms with van der Waals surface area (Å²) in [7, 11) is 0. The molecule has 0 radical (unpaired) electrons. The third kappa shape index (κ3) is 10.2. The molecule has 0 saturated heterocycles. The number of rotatable bonds is 3. The molecule has 126 valence electrons. The zero-order valence-corrected chi connectivity index (χ0v) is 14.7. The molecule has 22 heavy (non-hydrogen) atoms. The van der Waals surface area contributed by atoms with Crippen LogP contribution in [0.25, 0.3) is 0 Å². The van der Waals surface area contributed by atoms with Gasteiger partial charge in [0, 0.05) is 11.1 Å². The van der Waals surface area contributed by atoms with Gasteiger partial charge in [0.25, 0.3) is 0 Å². The second kappa shape index (κ2) is 9.44. The molecule has 0 bridgehead atoms. The summed E-state index contributed by atoms with van der Waals surface area (Å²) in [5.41, 5.74) is 11.6. The van der Waals surface area contributed by atoms with Crippen LogP contribution in [0.15, 0.2) is 23.3 Å². The van der Waals surface area contributed by atoms with Crippen molar-refractivity contribution in [1.29, 1.82) is 0 Å². The number of allylic oxidation sites excluding steroid dienone is 2. The number of nitrogens with two attached hydrogens (primary N) is 2. The minimum atomic E-state index is -0.338. The molecule has 1 rings (SSSR count). The summed E-state index contributed by atoms with van der Waals surface area (Å²) in [5, 5.41) is 0. The molecule has 4 heteroatoms. The summed E-state index contributed by atoms with van der Waals surface area (Å²) in [6.45, 7) is 9.61. The molecule has 1 aliphatic rings. The van der Waals surface area contributed by atoms with E-state index in [1.54, 1.807) is 13.8 Å². The molecule has 1 fully saturated rings. The zero-order chi connectivity index (χ0) is 17.3. The van der Waals surface area contributed by atoms with Crippen molar-refractivity contribution < 1.29 is 9.59 Å². The Bertz CT molecular complexity index is 436.